The van der Waals surface area contributed by atoms with Crippen molar-refractivity contribution in [3.8, 4) is 5.75 Å². The molecule has 3 aromatic rings. The summed E-state index contributed by atoms with van der Waals surface area (Å²) in [5, 5.41) is 18.0. The van der Waals surface area contributed by atoms with Crippen LogP contribution in [-0.2, 0) is 43.5 Å². The predicted molar refractivity (Wildman–Crippen MR) is 190 cm³/mol. The van der Waals surface area contributed by atoms with Gasteiger partial charge in [-0.05, 0) is 55.0 Å². The van der Waals surface area contributed by atoms with E-state index in [1.165, 1.54) is 6.08 Å². The Kier molecular flexibility index (Phi) is 16.8. The fraction of sp³-hybridized carbons (Fsp3) is 0.333. The SMILES string of the molecule is C=CC[C@@H](CC(=O)N[C@H](CO)Cc1ccc(OCc2ccccc2)cc1)C(=O)NC[C@H](C)OC(=O)[C@@H](CC=C)NC(=O)OCc1ccccc1. The summed E-state index contributed by atoms with van der Waals surface area (Å²) in [6, 6.07) is 24.8. The van der Waals surface area contributed by atoms with E-state index in [1.54, 1.807) is 13.0 Å². The molecule has 0 bridgehead atoms. The van der Waals surface area contributed by atoms with Crippen molar-refractivity contribution < 1.29 is 38.5 Å². The highest BCUT2D eigenvalue weighted by atomic mass is 16.6. The molecule has 4 N–H and O–H groups in total. The molecule has 4 atom stereocenters. The molecule has 11 heteroatoms. The van der Waals surface area contributed by atoms with Gasteiger partial charge in [0.25, 0.3) is 0 Å². The largest absolute Gasteiger partial charge is 0.489 e. The first-order valence-electron chi connectivity index (χ1n) is 16.5. The third kappa shape index (κ3) is 14.4. The molecule has 0 radical (unpaired) electrons. The smallest absolute Gasteiger partial charge is 0.408 e. The maximum Gasteiger partial charge on any atom is 0.408 e. The zero-order valence-electron chi connectivity index (χ0n) is 28.4. The number of ether oxygens (including phenoxy) is 3. The summed E-state index contributed by atoms with van der Waals surface area (Å²) in [5.74, 6) is -1.55. The second-order valence-electron chi connectivity index (χ2n) is 11.8. The molecular formula is C39H47N3O8. The van der Waals surface area contributed by atoms with Gasteiger partial charge in [0.2, 0.25) is 11.8 Å². The summed E-state index contributed by atoms with van der Waals surface area (Å²) in [6.45, 7) is 9.10. The topological polar surface area (TPSA) is 152 Å². The number of aliphatic hydroxyl groups is 1. The maximum atomic E-state index is 13.0. The molecule has 0 aliphatic heterocycles. The quantitative estimate of drug-likeness (QED) is 0.0924. The number of hydrogen-bond donors (Lipinski definition) is 4. The Bertz CT molecular complexity index is 1520. The van der Waals surface area contributed by atoms with E-state index in [0.717, 1.165) is 16.7 Å². The average Bonchev–Trinajstić information content (AvgIpc) is 3.12. The lowest BCUT2D eigenvalue weighted by atomic mass is 9.99. The van der Waals surface area contributed by atoms with E-state index in [0.29, 0.717) is 18.8 Å². The maximum absolute atomic E-state index is 13.0. The molecule has 0 heterocycles. The highest BCUT2D eigenvalue weighted by molar-refractivity contribution is 5.86. The zero-order valence-corrected chi connectivity index (χ0v) is 28.4. The van der Waals surface area contributed by atoms with Crippen molar-refractivity contribution in [1.82, 2.24) is 16.0 Å². The van der Waals surface area contributed by atoms with Crippen LogP contribution in [0, 0.1) is 5.92 Å². The summed E-state index contributed by atoms with van der Waals surface area (Å²) >= 11 is 0. The molecule has 0 spiro atoms. The first-order valence-corrected chi connectivity index (χ1v) is 16.5. The van der Waals surface area contributed by atoms with E-state index in [1.807, 2.05) is 84.9 Å². The molecule has 0 saturated heterocycles. The first kappa shape index (κ1) is 39.0. The van der Waals surface area contributed by atoms with E-state index < -0.39 is 48.0 Å². The molecule has 0 aliphatic rings. The minimum atomic E-state index is -1.03. The van der Waals surface area contributed by atoms with Crippen molar-refractivity contribution in [3.63, 3.8) is 0 Å². The average molecular weight is 686 g/mol. The fourth-order valence-corrected chi connectivity index (χ4v) is 4.90. The van der Waals surface area contributed by atoms with Crippen LogP contribution < -0.4 is 20.7 Å². The first-order chi connectivity index (χ1) is 24.2. The zero-order chi connectivity index (χ0) is 36.1. The van der Waals surface area contributed by atoms with Crippen LogP contribution in [0.2, 0.25) is 0 Å². The molecule has 3 aromatic carbocycles. The van der Waals surface area contributed by atoms with Gasteiger partial charge in [0.05, 0.1) is 25.1 Å². The van der Waals surface area contributed by atoms with Crippen LogP contribution in [0.3, 0.4) is 0 Å². The number of aliphatic hydroxyl groups excluding tert-OH is 1. The highest BCUT2D eigenvalue weighted by Crippen LogP contribution is 2.16. The fourth-order valence-electron chi connectivity index (χ4n) is 4.90. The number of alkyl carbamates (subject to hydrolysis) is 1. The van der Waals surface area contributed by atoms with Gasteiger partial charge >= 0.3 is 12.1 Å². The van der Waals surface area contributed by atoms with Crippen LogP contribution in [0.15, 0.2) is 110 Å². The van der Waals surface area contributed by atoms with Crippen LogP contribution >= 0.6 is 0 Å². The van der Waals surface area contributed by atoms with Gasteiger partial charge in [0, 0.05) is 6.42 Å². The van der Waals surface area contributed by atoms with E-state index in [-0.39, 0.29) is 39.0 Å². The Morgan fingerprint density at radius 3 is 2.02 bits per heavy atom. The van der Waals surface area contributed by atoms with Crippen molar-refractivity contribution in [2.24, 2.45) is 5.92 Å². The van der Waals surface area contributed by atoms with Gasteiger partial charge in [-0.2, -0.15) is 0 Å². The number of carbonyl (C=O) groups excluding carboxylic acids is 4. The monoisotopic (exact) mass is 685 g/mol. The summed E-state index contributed by atoms with van der Waals surface area (Å²) in [5.41, 5.74) is 2.75. The van der Waals surface area contributed by atoms with Crippen LogP contribution in [0.5, 0.6) is 5.75 Å². The number of benzene rings is 3. The summed E-state index contributed by atoms with van der Waals surface area (Å²) < 4.78 is 16.5. The molecule has 0 aromatic heterocycles. The molecule has 0 saturated carbocycles. The van der Waals surface area contributed by atoms with Gasteiger partial charge in [0.1, 0.15) is 31.1 Å². The van der Waals surface area contributed by atoms with Crippen LogP contribution in [0.1, 0.15) is 42.9 Å². The molecule has 3 rings (SSSR count). The number of esters is 1. The van der Waals surface area contributed by atoms with Gasteiger partial charge < -0.3 is 35.3 Å². The minimum absolute atomic E-state index is 0.0244. The van der Waals surface area contributed by atoms with Gasteiger partial charge in [-0.15, -0.1) is 13.2 Å². The minimum Gasteiger partial charge on any atom is -0.489 e. The Hall–Kier alpha value is -5.42. The van der Waals surface area contributed by atoms with Gasteiger partial charge in [-0.25, -0.2) is 9.59 Å². The number of hydrogen-bond acceptors (Lipinski definition) is 8. The lowest BCUT2D eigenvalue weighted by molar-refractivity contribution is -0.151. The van der Waals surface area contributed by atoms with Crippen molar-refractivity contribution in [2.45, 2.75) is 64.0 Å². The second-order valence-corrected chi connectivity index (χ2v) is 11.8. The Morgan fingerprint density at radius 2 is 1.42 bits per heavy atom. The van der Waals surface area contributed by atoms with E-state index in [4.69, 9.17) is 14.2 Å². The van der Waals surface area contributed by atoms with Gasteiger partial charge in [-0.1, -0.05) is 84.9 Å². The lowest BCUT2D eigenvalue weighted by Gasteiger charge is -2.22. The van der Waals surface area contributed by atoms with Crippen molar-refractivity contribution in [2.75, 3.05) is 13.2 Å². The van der Waals surface area contributed by atoms with E-state index in [2.05, 4.69) is 29.1 Å². The summed E-state index contributed by atoms with van der Waals surface area (Å²) in [7, 11) is 0. The summed E-state index contributed by atoms with van der Waals surface area (Å²) in [4.78, 5) is 51.0. The molecule has 50 heavy (non-hydrogen) atoms. The molecule has 0 aliphatic carbocycles. The van der Waals surface area contributed by atoms with Crippen LogP contribution in [0.25, 0.3) is 0 Å². The standard InChI is InChI=1S/C39H47N3O8/c1-4-12-32(23-36(44)41-33(25-43)22-29-18-20-34(21-19-29)48-26-30-14-8-6-9-15-30)37(45)40-24-28(3)50-38(46)35(13-5-2)42-39(47)49-27-31-16-10-7-11-17-31/h4-11,14-21,28,32-33,35,43H,1-2,12-13,22-27H2,3H3,(H,40,45)(H,41,44)(H,42,47)/t28-,32-,33-,35+/m0/s1. The van der Waals surface area contributed by atoms with E-state index in [9.17, 15) is 24.3 Å². The predicted octanol–water partition coefficient (Wildman–Crippen LogP) is 4.79. The molecule has 11 nitrogen and oxygen atoms in total. The van der Waals surface area contributed by atoms with Gasteiger partial charge in [0.15, 0.2) is 0 Å². The van der Waals surface area contributed by atoms with Gasteiger partial charge in [-0.3, -0.25) is 9.59 Å². The van der Waals surface area contributed by atoms with Crippen LogP contribution in [-0.4, -0.2) is 60.3 Å². The number of carbonyl (C=O) groups is 4. The molecular weight excluding hydrogens is 638 g/mol. The second kappa shape index (κ2) is 21.5. The highest BCUT2D eigenvalue weighted by Gasteiger charge is 2.26. The molecule has 266 valence electrons. The normalized spacial score (nSPS) is 13.0. The number of amides is 3. The summed E-state index contributed by atoms with van der Waals surface area (Å²) in [6.07, 6.45) is 2.09. The molecule has 0 unspecified atom stereocenters. The number of nitrogens with one attached hydrogen (secondary N) is 3. The third-order valence-electron chi connectivity index (χ3n) is 7.57. The Morgan fingerprint density at radius 1 is 0.800 bits per heavy atom. The Labute approximate surface area is 293 Å². The molecule has 0 fully saturated rings. The Balaban J connectivity index is 1.43. The van der Waals surface area contributed by atoms with Crippen molar-refractivity contribution in [3.05, 3.63) is 127 Å². The van der Waals surface area contributed by atoms with Crippen LogP contribution in [0.4, 0.5) is 4.79 Å². The molecule has 3 amide bonds. The van der Waals surface area contributed by atoms with Crippen molar-refractivity contribution >= 4 is 23.9 Å². The lowest BCUT2D eigenvalue weighted by Crippen LogP contribution is -2.45. The third-order valence-corrected chi connectivity index (χ3v) is 7.57. The number of rotatable bonds is 21. The number of allylic oxidation sites excluding steroid dienone is 1. The van der Waals surface area contributed by atoms with Crippen molar-refractivity contribution in [1.29, 1.82) is 0 Å². The van der Waals surface area contributed by atoms with E-state index >= 15 is 0 Å².